The SMILES string of the molecule is CCC(=Cc1nc2cc(C(C)(C)CC)ccc2o1)C=C1Nc2cc(-c3ccccc3)ccc2O1. The third-order valence-electron chi connectivity index (χ3n) is 6.67. The van der Waals surface area contributed by atoms with Gasteiger partial charge in [0.1, 0.15) is 5.52 Å². The molecule has 1 N–H and O–H groups in total. The highest BCUT2D eigenvalue weighted by Crippen LogP contribution is 2.37. The van der Waals surface area contributed by atoms with Crippen LogP contribution in [0.15, 0.2) is 88.7 Å². The Labute approximate surface area is 201 Å². The number of oxazole rings is 1. The molecular formula is C30H30N2O2. The van der Waals surface area contributed by atoms with Crippen molar-refractivity contribution < 1.29 is 9.15 Å². The van der Waals surface area contributed by atoms with Gasteiger partial charge in [-0.2, -0.15) is 0 Å². The molecule has 4 heteroatoms. The van der Waals surface area contributed by atoms with Gasteiger partial charge in [-0.25, -0.2) is 4.98 Å². The van der Waals surface area contributed by atoms with Crippen molar-refractivity contribution in [2.45, 2.75) is 46.0 Å². The largest absolute Gasteiger partial charge is 0.439 e. The summed E-state index contributed by atoms with van der Waals surface area (Å²) in [5, 5.41) is 3.40. The van der Waals surface area contributed by atoms with Gasteiger partial charge in [0.25, 0.3) is 0 Å². The average molecular weight is 451 g/mol. The number of fused-ring (bicyclic) bond motifs is 2. The molecule has 1 aliphatic heterocycles. The fourth-order valence-corrected chi connectivity index (χ4v) is 4.07. The van der Waals surface area contributed by atoms with Gasteiger partial charge in [-0.3, -0.25) is 0 Å². The number of hydrogen-bond donors (Lipinski definition) is 1. The first-order valence-electron chi connectivity index (χ1n) is 11.9. The van der Waals surface area contributed by atoms with Crippen molar-refractivity contribution in [1.29, 1.82) is 0 Å². The number of ether oxygens (including phenoxy) is 1. The maximum atomic E-state index is 6.05. The van der Waals surface area contributed by atoms with Gasteiger partial charge in [0.05, 0.1) is 5.69 Å². The van der Waals surface area contributed by atoms with E-state index in [1.54, 1.807) is 0 Å². The third kappa shape index (κ3) is 4.36. The molecule has 0 bridgehead atoms. The van der Waals surface area contributed by atoms with E-state index in [4.69, 9.17) is 14.1 Å². The predicted molar refractivity (Wildman–Crippen MR) is 140 cm³/mol. The van der Waals surface area contributed by atoms with E-state index in [0.29, 0.717) is 11.8 Å². The van der Waals surface area contributed by atoms with Crippen molar-refractivity contribution in [3.05, 3.63) is 95.7 Å². The number of aromatic nitrogens is 1. The van der Waals surface area contributed by atoms with Crippen LogP contribution >= 0.6 is 0 Å². The Bertz CT molecular complexity index is 1390. The zero-order valence-electron chi connectivity index (χ0n) is 20.2. The van der Waals surface area contributed by atoms with E-state index in [-0.39, 0.29) is 5.41 Å². The highest BCUT2D eigenvalue weighted by atomic mass is 16.5. The van der Waals surface area contributed by atoms with E-state index >= 15 is 0 Å². The first kappa shape index (κ1) is 22.0. The summed E-state index contributed by atoms with van der Waals surface area (Å²) in [6.07, 6.45) is 5.90. The van der Waals surface area contributed by atoms with Gasteiger partial charge in [0.2, 0.25) is 5.89 Å². The summed E-state index contributed by atoms with van der Waals surface area (Å²) in [4.78, 5) is 4.73. The maximum Gasteiger partial charge on any atom is 0.220 e. The van der Waals surface area contributed by atoms with Crippen LogP contribution in [0.5, 0.6) is 5.75 Å². The zero-order valence-corrected chi connectivity index (χ0v) is 20.2. The van der Waals surface area contributed by atoms with Gasteiger partial charge in [-0.15, -0.1) is 0 Å². The monoisotopic (exact) mass is 450 g/mol. The van der Waals surface area contributed by atoms with Gasteiger partial charge < -0.3 is 14.5 Å². The Morgan fingerprint density at radius 2 is 1.79 bits per heavy atom. The van der Waals surface area contributed by atoms with Crippen LogP contribution in [-0.2, 0) is 5.41 Å². The van der Waals surface area contributed by atoms with Crippen molar-refractivity contribution in [3.63, 3.8) is 0 Å². The molecule has 0 saturated heterocycles. The standard InChI is InChI=1S/C30H30N2O2/c1-5-20(17-29-32-25-19-23(30(3,4)6-2)13-15-27(25)34-29)16-28-31-24-18-22(12-14-26(24)33-28)21-10-8-7-9-11-21/h7-19,31H,5-6H2,1-4H3. The van der Waals surface area contributed by atoms with Crippen LogP contribution in [-0.4, -0.2) is 4.98 Å². The molecular weight excluding hydrogens is 420 g/mol. The minimum absolute atomic E-state index is 0.114. The normalized spacial score (nSPS) is 14.8. The minimum atomic E-state index is 0.114. The summed E-state index contributed by atoms with van der Waals surface area (Å²) in [6, 6.07) is 22.9. The van der Waals surface area contributed by atoms with Crippen molar-refractivity contribution in [2.75, 3.05) is 5.32 Å². The molecule has 5 rings (SSSR count). The third-order valence-corrected chi connectivity index (χ3v) is 6.67. The second-order valence-electron chi connectivity index (χ2n) is 9.36. The number of anilines is 1. The smallest absolute Gasteiger partial charge is 0.220 e. The van der Waals surface area contributed by atoms with Gasteiger partial charge >= 0.3 is 0 Å². The lowest BCUT2D eigenvalue weighted by molar-refractivity contribution is 0.456. The minimum Gasteiger partial charge on any atom is -0.439 e. The maximum absolute atomic E-state index is 6.05. The van der Waals surface area contributed by atoms with Crippen LogP contribution in [0, 0.1) is 0 Å². The number of nitrogens with one attached hydrogen (secondary N) is 1. The molecule has 0 fully saturated rings. The molecule has 172 valence electrons. The summed E-state index contributed by atoms with van der Waals surface area (Å²) >= 11 is 0. The van der Waals surface area contributed by atoms with Gasteiger partial charge in [-0.1, -0.05) is 70.2 Å². The van der Waals surface area contributed by atoms with Crippen molar-refractivity contribution in [2.24, 2.45) is 0 Å². The van der Waals surface area contributed by atoms with Crippen LogP contribution in [0.2, 0.25) is 0 Å². The van der Waals surface area contributed by atoms with Gasteiger partial charge in [-0.05, 0) is 64.8 Å². The van der Waals surface area contributed by atoms with E-state index < -0.39 is 0 Å². The fourth-order valence-electron chi connectivity index (χ4n) is 4.07. The topological polar surface area (TPSA) is 47.3 Å². The molecule has 0 radical (unpaired) electrons. The molecule has 2 heterocycles. The summed E-state index contributed by atoms with van der Waals surface area (Å²) in [6.45, 7) is 8.84. The van der Waals surface area contributed by atoms with E-state index in [9.17, 15) is 0 Å². The predicted octanol–water partition coefficient (Wildman–Crippen LogP) is 8.32. The molecule has 0 aliphatic carbocycles. The first-order chi connectivity index (χ1) is 16.4. The Kier molecular flexibility index (Phi) is 5.74. The molecule has 3 aromatic carbocycles. The second-order valence-corrected chi connectivity index (χ2v) is 9.36. The van der Waals surface area contributed by atoms with Gasteiger partial charge in [0, 0.05) is 12.2 Å². The number of benzene rings is 3. The molecule has 4 nitrogen and oxygen atoms in total. The van der Waals surface area contributed by atoms with Crippen LogP contribution in [0.3, 0.4) is 0 Å². The van der Waals surface area contributed by atoms with E-state index in [1.807, 2.05) is 42.5 Å². The van der Waals surface area contributed by atoms with Gasteiger partial charge in [0.15, 0.2) is 17.2 Å². The summed E-state index contributed by atoms with van der Waals surface area (Å²) in [5.74, 6) is 2.14. The molecule has 4 aromatic rings. The van der Waals surface area contributed by atoms with E-state index in [1.165, 1.54) is 11.1 Å². The van der Waals surface area contributed by atoms with Crippen LogP contribution in [0.4, 0.5) is 5.69 Å². The summed E-state index contributed by atoms with van der Waals surface area (Å²) in [5.41, 5.74) is 7.46. The van der Waals surface area contributed by atoms with Crippen LogP contribution in [0.1, 0.15) is 52.0 Å². The molecule has 0 unspecified atom stereocenters. The van der Waals surface area contributed by atoms with E-state index in [0.717, 1.165) is 46.5 Å². The Hall–Kier alpha value is -3.79. The molecule has 0 saturated carbocycles. The number of hydrogen-bond acceptors (Lipinski definition) is 4. The van der Waals surface area contributed by atoms with Crippen LogP contribution < -0.4 is 10.1 Å². The molecule has 0 atom stereocenters. The van der Waals surface area contributed by atoms with Crippen molar-refractivity contribution >= 4 is 22.9 Å². The molecule has 34 heavy (non-hydrogen) atoms. The van der Waals surface area contributed by atoms with Crippen molar-refractivity contribution in [1.82, 2.24) is 4.98 Å². The molecule has 1 aromatic heterocycles. The zero-order chi connectivity index (χ0) is 23.7. The average Bonchev–Trinajstić information content (AvgIpc) is 3.45. The van der Waals surface area contributed by atoms with Crippen molar-refractivity contribution in [3.8, 4) is 16.9 Å². The van der Waals surface area contributed by atoms with Crippen LogP contribution in [0.25, 0.3) is 28.3 Å². The van der Waals surface area contributed by atoms with E-state index in [2.05, 4.69) is 69.4 Å². The molecule has 0 spiro atoms. The number of allylic oxidation sites excluding steroid dienone is 2. The lowest BCUT2D eigenvalue weighted by Crippen LogP contribution is -2.14. The summed E-state index contributed by atoms with van der Waals surface area (Å²) < 4.78 is 12.1. The quantitative estimate of drug-likeness (QED) is 0.321. The molecule has 1 aliphatic rings. The Morgan fingerprint density at radius 1 is 0.971 bits per heavy atom. The second kappa shape index (κ2) is 8.86. The fraction of sp³-hybridized carbons (Fsp3) is 0.233. The lowest BCUT2D eigenvalue weighted by atomic mass is 9.82. The number of nitrogens with zero attached hydrogens (tertiary/aromatic N) is 1. The summed E-state index contributed by atoms with van der Waals surface area (Å²) in [7, 11) is 0. The Balaban J connectivity index is 1.39. The first-order valence-corrected chi connectivity index (χ1v) is 11.9. The highest BCUT2D eigenvalue weighted by molar-refractivity contribution is 5.76. The Morgan fingerprint density at radius 3 is 2.56 bits per heavy atom. The lowest BCUT2D eigenvalue weighted by Gasteiger charge is -2.22. The molecule has 0 amide bonds. The highest BCUT2D eigenvalue weighted by Gasteiger charge is 2.20. The number of rotatable bonds is 6.